The summed E-state index contributed by atoms with van der Waals surface area (Å²) < 4.78 is 22.7. The van der Waals surface area contributed by atoms with Gasteiger partial charge < -0.3 is 9.30 Å². The monoisotopic (exact) mass is 394 g/mol. The van der Waals surface area contributed by atoms with Crippen molar-refractivity contribution in [1.29, 1.82) is 0 Å². The summed E-state index contributed by atoms with van der Waals surface area (Å²) in [7, 11) is 0. The van der Waals surface area contributed by atoms with Gasteiger partial charge in [-0.2, -0.15) is 0 Å². The molecule has 1 aromatic carbocycles. The van der Waals surface area contributed by atoms with E-state index in [0.717, 1.165) is 67.2 Å². The summed E-state index contributed by atoms with van der Waals surface area (Å²) in [6, 6.07) is 6.24. The maximum Gasteiger partial charge on any atom is 0.182 e. The van der Waals surface area contributed by atoms with Crippen molar-refractivity contribution in [2.45, 2.75) is 20.4 Å². The summed E-state index contributed by atoms with van der Waals surface area (Å²) in [6.07, 6.45) is 1.71. The summed E-state index contributed by atoms with van der Waals surface area (Å²) in [5.74, 6) is 0.294. The van der Waals surface area contributed by atoms with Crippen LogP contribution >= 0.6 is 0 Å². The molecule has 8 heteroatoms. The van der Waals surface area contributed by atoms with Gasteiger partial charge in [0.25, 0.3) is 0 Å². The van der Waals surface area contributed by atoms with Crippen molar-refractivity contribution in [3.8, 4) is 11.4 Å². The van der Waals surface area contributed by atoms with E-state index in [4.69, 9.17) is 14.7 Å². The molecule has 0 radical (unpaired) electrons. The lowest BCUT2D eigenvalue weighted by Crippen LogP contribution is -2.38. The van der Waals surface area contributed by atoms with Crippen molar-refractivity contribution in [3.63, 3.8) is 0 Å². The lowest BCUT2D eigenvalue weighted by Gasteiger charge is -2.26. The predicted octanol–water partition coefficient (Wildman–Crippen LogP) is 2.83. The number of hydrogen-bond donors (Lipinski definition) is 0. The van der Waals surface area contributed by atoms with E-state index >= 15 is 0 Å². The summed E-state index contributed by atoms with van der Waals surface area (Å²) in [5.41, 5.74) is 4.85. The highest BCUT2D eigenvalue weighted by Crippen LogP contribution is 2.28. The Morgan fingerprint density at radius 3 is 2.55 bits per heavy atom. The molecule has 5 rings (SSSR count). The number of hydrogen-bond acceptors (Lipinski definition) is 5. The standard InChI is InChI=1S/C21H23FN6O/c1-14-15(2)27(8-7-26-9-11-29-12-10-26)20-18(14)21-24-19(25-28(21)13-23-20)16-3-5-17(22)6-4-16/h3-6,13H,7-12H2,1-2H3. The van der Waals surface area contributed by atoms with Crippen LogP contribution in [0.25, 0.3) is 28.1 Å². The molecule has 0 spiro atoms. The Kier molecular flexibility index (Phi) is 4.52. The van der Waals surface area contributed by atoms with E-state index in [2.05, 4.69) is 28.4 Å². The Hall–Kier alpha value is -2.84. The predicted molar refractivity (Wildman–Crippen MR) is 108 cm³/mol. The quantitative estimate of drug-likeness (QED) is 0.533. The van der Waals surface area contributed by atoms with Crippen molar-refractivity contribution >= 4 is 16.7 Å². The van der Waals surface area contributed by atoms with Gasteiger partial charge in [-0.05, 0) is 43.7 Å². The Labute approximate surface area is 167 Å². The molecule has 1 saturated heterocycles. The van der Waals surface area contributed by atoms with Gasteiger partial charge in [-0.25, -0.2) is 18.9 Å². The van der Waals surface area contributed by atoms with Crippen LogP contribution in [0.5, 0.6) is 0 Å². The first-order valence-electron chi connectivity index (χ1n) is 9.88. The molecule has 0 amide bonds. The SMILES string of the molecule is Cc1c(C)n(CCN2CCOCC2)c2ncn3nc(-c4ccc(F)cc4)nc3c12. The number of ether oxygens (including phenoxy) is 1. The first-order chi connectivity index (χ1) is 14.1. The molecular weight excluding hydrogens is 371 g/mol. The molecule has 0 atom stereocenters. The Balaban J connectivity index is 1.55. The third-order valence-corrected chi connectivity index (χ3v) is 5.79. The highest BCUT2D eigenvalue weighted by molar-refractivity contribution is 5.94. The van der Waals surface area contributed by atoms with Crippen molar-refractivity contribution in [2.75, 3.05) is 32.8 Å². The van der Waals surface area contributed by atoms with Crippen LogP contribution in [0, 0.1) is 19.7 Å². The fraction of sp³-hybridized carbons (Fsp3) is 0.381. The molecule has 0 bridgehead atoms. The zero-order chi connectivity index (χ0) is 20.0. The van der Waals surface area contributed by atoms with Crippen LogP contribution in [0.2, 0.25) is 0 Å². The number of benzene rings is 1. The van der Waals surface area contributed by atoms with Crippen LogP contribution in [0.4, 0.5) is 4.39 Å². The molecule has 7 nitrogen and oxygen atoms in total. The summed E-state index contributed by atoms with van der Waals surface area (Å²) in [6.45, 7) is 9.62. The van der Waals surface area contributed by atoms with E-state index in [1.807, 2.05) is 0 Å². The molecule has 1 fully saturated rings. The largest absolute Gasteiger partial charge is 0.379 e. The third kappa shape index (κ3) is 3.18. The molecule has 1 aliphatic heterocycles. The summed E-state index contributed by atoms with van der Waals surface area (Å²) in [5, 5.41) is 5.57. The van der Waals surface area contributed by atoms with Gasteiger partial charge in [0.15, 0.2) is 11.5 Å². The molecule has 4 aromatic rings. The molecular formula is C21H23FN6O. The topological polar surface area (TPSA) is 60.5 Å². The minimum atomic E-state index is -0.273. The Bertz CT molecular complexity index is 1170. The van der Waals surface area contributed by atoms with Crippen molar-refractivity contribution < 1.29 is 9.13 Å². The molecule has 0 unspecified atom stereocenters. The lowest BCUT2D eigenvalue weighted by molar-refractivity contribution is 0.0364. The molecule has 29 heavy (non-hydrogen) atoms. The first kappa shape index (κ1) is 18.2. The van der Waals surface area contributed by atoms with E-state index in [1.54, 1.807) is 23.0 Å². The summed E-state index contributed by atoms with van der Waals surface area (Å²) >= 11 is 0. The highest BCUT2D eigenvalue weighted by Gasteiger charge is 2.19. The van der Waals surface area contributed by atoms with E-state index < -0.39 is 0 Å². The maximum atomic E-state index is 13.3. The van der Waals surface area contributed by atoms with Gasteiger partial charge in [0.1, 0.15) is 17.8 Å². The number of aromatic nitrogens is 5. The minimum absolute atomic E-state index is 0.273. The van der Waals surface area contributed by atoms with Crippen LogP contribution in [0.15, 0.2) is 30.6 Å². The number of rotatable bonds is 4. The van der Waals surface area contributed by atoms with Crippen molar-refractivity contribution in [3.05, 3.63) is 47.7 Å². The fourth-order valence-electron chi connectivity index (χ4n) is 3.99. The van der Waals surface area contributed by atoms with Gasteiger partial charge >= 0.3 is 0 Å². The molecule has 3 aromatic heterocycles. The molecule has 4 heterocycles. The van der Waals surface area contributed by atoms with Gasteiger partial charge in [-0.15, -0.1) is 5.10 Å². The van der Waals surface area contributed by atoms with Crippen molar-refractivity contribution in [2.24, 2.45) is 0 Å². The maximum absolute atomic E-state index is 13.3. The van der Waals surface area contributed by atoms with Gasteiger partial charge in [-0.1, -0.05) is 0 Å². The highest BCUT2D eigenvalue weighted by atomic mass is 19.1. The van der Waals surface area contributed by atoms with Gasteiger partial charge in [0, 0.05) is 37.4 Å². The molecule has 0 aliphatic carbocycles. The van der Waals surface area contributed by atoms with Gasteiger partial charge in [0.2, 0.25) is 0 Å². The van der Waals surface area contributed by atoms with Gasteiger partial charge in [-0.3, -0.25) is 4.90 Å². The fourth-order valence-corrected chi connectivity index (χ4v) is 3.99. The second kappa shape index (κ2) is 7.20. The van der Waals surface area contributed by atoms with Crippen LogP contribution in [-0.4, -0.2) is 61.9 Å². The van der Waals surface area contributed by atoms with E-state index in [0.29, 0.717) is 5.82 Å². The average molecular weight is 394 g/mol. The van der Waals surface area contributed by atoms with E-state index in [-0.39, 0.29) is 5.82 Å². The number of nitrogens with zero attached hydrogens (tertiary/aromatic N) is 6. The number of aryl methyl sites for hydroxylation is 1. The average Bonchev–Trinajstić information content (AvgIpc) is 3.27. The summed E-state index contributed by atoms with van der Waals surface area (Å²) in [4.78, 5) is 11.9. The number of morpholine rings is 1. The number of fused-ring (bicyclic) bond motifs is 3. The Morgan fingerprint density at radius 1 is 1.03 bits per heavy atom. The molecule has 1 aliphatic rings. The second-order valence-corrected chi connectivity index (χ2v) is 7.47. The van der Waals surface area contributed by atoms with Crippen LogP contribution in [0.3, 0.4) is 0 Å². The van der Waals surface area contributed by atoms with E-state index in [1.165, 1.54) is 17.8 Å². The smallest absolute Gasteiger partial charge is 0.182 e. The van der Waals surface area contributed by atoms with Crippen LogP contribution < -0.4 is 0 Å². The zero-order valence-electron chi connectivity index (χ0n) is 16.6. The Morgan fingerprint density at radius 2 is 1.79 bits per heavy atom. The van der Waals surface area contributed by atoms with Crippen LogP contribution in [0.1, 0.15) is 11.3 Å². The lowest BCUT2D eigenvalue weighted by atomic mass is 10.2. The number of halogens is 1. The molecule has 0 N–H and O–H groups in total. The third-order valence-electron chi connectivity index (χ3n) is 5.79. The first-order valence-corrected chi connectivity index (χ1v) is 9.88. The van der Waals surface area contributed by atoms with Gasteiger partial charge in [0.05, 0.1) is 18.6 Å². The molecule has 0 saturated carbocycles. The second-order valence-electron chi connectivity index (χ2n) is 7.47. The normalized spacial score (nSPS) is 15.6. The zero-order valence-corrected chi connectivity index (χ0v) is 16.6. The van der Waals surface area contributed by atoms with Crippen molar-refractivity contribution in [1.82, 2.24) is 29.0 Å². The van der Waals surface area contributed by atoms with Crippen LogP contribution in [-0.2, 0) is 11.3 Å². The molecule has 150 valence electrons. The minimum Gasteiger partial charge on any atom is -0.379 e. The van der Waals surface area contributed by atoms with E-state index in [9.17, 15) is 4.39 Å².